The number of carbonyl (C=O) groups is 1. The molecule has 0 saturated heterocycles. The third-order valence-electron chi connectivity index (χ3n) is 4.09. The Bertz CT molecular complexity index is 970. The molecule has 0 aliphatic heterocycles. The lowest BCUT2D eigenvalue weighted by Gasteiger charge is -2.11. The van der Waals surface area contributed by atoms with E-state index in [0.717, 1.165) is 11.1 Å². The molecule has 0 heterocycles. The van der Waals surface area contributed by atoms with Gasteiger partial charge in [0.2, 0.25) is 0 Å². The number of nitrogens with two attached hydrogens (primary N) is 1. The number of carbonyl (C=O) groups excluding carboxylic acids is 1. The van der Waals surface area contributed by atoms with Crippen LogP contribution in [0.5, 0.6) is 5.75 Å². The van der Waals surface area contributed by atoms with Crippen molar-refractivity contribution in [2.45, 2.75) is 13.5 Å². The van der Waals surface area contributed by atoms with Crippen LogP contribution >= 0.6 is 0 Å². The zero-order valence-corrected chi connectivity index (χ0v) is 16.2. The van der Waals surface area contributed by atoms with Crippen molar-refractivity contribution < 1.29 is 14.4 Å². The van der Waals surface area contributed by atoms with Crippen molar-refractivity contribution in [2.24, 2.45) is 10.9 Å². The molecule has 3 aromatic rings. The second kappa shape index (κ2) is 9.94. The lowest BCUT2D eigenvalue weighted by Crippen LogP contribution is -2.20. The largest absolute Gasteiger partial charge is 0.488 e. The molecule has 3 N–H and O–H groups in total. The molecule has 0 aromatic heterocycles. The van der Waals surface area contributed by atoms with Gasteiger partial charge in [-0.2, -0.15) is 0 Å². The van der Waals surface area contributed by atoms with Crippen molar-refractivity contribution in [3.05, 3.63) is 95.6 Å². The molecule has 0 fully saturated rings. The monoisotopic (exact) mass is 389 g/mol. The van der Waals surface area contributed by atoms with Crippen LogP contribution in [0.25, 0.3) is 0 Å². The number of rotatable bonds is 8. The number of ether oxygens (including phenoxy) is 1. The van der Waals surface area contributed by atoms with Gasteiger partial charge in [0, 0.05) is 5.69 Å². The highest BCUT2D eigenvalue weighted by molar-refractivity contribution is 5.99. The summed E-state index contributed by atoms with van der Waals surface area (Å²) in [6, 6.07) is 24.6. The highest BCUT2D eigenvalue weighted by Gasteiger charge is 2.09. The fourth-order valence-electron chi connectivity index (χ4n) is 2.58. The Morgan fingerprint density at radius 2 is 1.66 bits per heavy atom. The first-order valence-electron chi connectivity index (χ1n) is 9.20. The van der Waals surface area contributed by atoms with Crippen molar-refractivity contribution in [3.63, 3.8) is 0 Å². The van der Waals surface area contributed by atoms with E-state index < -0.39 is 0 Å². The van der Waals surface area contributed by atoms with Crippen LogP contribution < -0.4 is 15.8 Å². The molecule has 148 valence electrons. The maximum atomic E-state index is 12.0. The fourth-order valence-corrected chi connectivity index (χ4v) is 2.58. The lowest BCUT2D eigenvalue weighted by molar-refractivity contribution is -0.120. The molecule has 0 unspecified atom stereocenters. The Kier molecular flexibility index (Phi) is 6.84. The molecule has 0 radical (unpaired) electrons. The first-order chi connectivity index (χ1) is 14.1. The van der Waals surface area contributed by atoms with Crippen LogP contribution in [0.2, 0.25) is 0 Å². The second-order valence-corrected chi connectivity index (χ2v) is 6.43. The summed E-state index contributed by atoms with van der Waals surface area (Å²) < 4.78 is 5.86. The Balaban J connectivity index is 1.56. The first-order valence-corrected chi connectivity index (χ1v) is 9.20. The standard InChI is InChI=1S/C23H23N3O3/c1-17-11-13-19(14-12-17)25-22(27)16-29-26-23(24)20-9-5-6-10-21(20)28-15-18-7-3-2-4-8-18/h2-14H,15-16H2,1H3,(H2,24,26)(H,25,27). The zero-order chi connectivity index (χ0) is 20.5. The van der Waals surface area contributed by atoms with E-state index in [1.54, 1.807) is 6.07 Å². The number of hydrogen-bond acceptors (Lipinski definition) is 4. The van der Waals surface area contributed by atoms with Crippen LogP contribution in [-0.2, 0) is 16.2 Å². The average Bonchev–Trinajstić information content (AvgIpc) is 2.75. The average molecular weight is 389 g/mol. The summed E-state index contributed by atoms with van der Waals surface area (Å²) in [6.45, 7) is 2.14. The zero-order valence-electron chi connectivity index (χ0n) is 16.2. The molecule has 3 aromatic carbocycles. The molecule has 0 spiro atoms. The van der Waals surface area contributed by atoms with Gasteiger partial charge in [0.15, 0.2) is 12.4 Å². The van der Waals surface area contributed by atoms with Gasteiger partial charge in [-0.25, -0.2) is 0 Å². The highest BCUT2D eigenvalue weighted by atomic mass is 16.6. The Morgan fingerprint density at radius 1 is 0.966 bits per heavy atom. The third kappa shape index (κ3) is 6.10. The van der Waals surface area contributed by atoms with E-state index in [0.29, 0.717) is 23.6 Å². The van der Waals surface area contributed by atoms with E-state index >= 15 is 0 Å². The van der Waals surface area contributed by atoms with Crippen LogP contribution in [-0.4, -0.2) is 18.3 Å². The van der Waals surface area contributed by atoms with Gasteiger partial charge in [-0.1, -0.05) is 65.3 Å². The van der Waals surface area contributed by atoms with E-state index in [-0.39, 0.29) is 18.3 Å². The summed E-state index contributed by atoms with van der Waals surface area (Å²) in [5.41, 5.74) is 9.49. The normalized spacial score (nSPS) is 11.0. The molecule has 29 heavy (non-hydrogen) atoms. The van der Waals surface area contributed by atoms with Crippen molar-refractivity contribution in [1.29, 1.82) is 0 Å². The molecular weight excluding hydrogens is 366 g/mol. The summed E-state index contributed by atoms with van der Waals surface area (Å²) in [5.74, 6) is 0.404. The summed E-state index contributed by atoms with van der Waals surface area (Å²) in [4.78, 5) is 17.1. The maximum absolute atomic E-state index is 12.0. The smallest absolute Gasteiger partial charge is 0.265 e. The van der Waals surface area contributed by atoms with Crippen LogP contribution in [0.3, 0.4) is 0 Å². The number of aryl methyl sites for hydroxylation is 1. The predicted octanol–water partition coefficient (Wildman–Crippen LogP) is 3.85. The number of nitrogens with zero attached hydrogens (tertiary/aromatic N) is 1. The number of amides is 1. The molecular formula is C23H23N3O3. The Labute approximate surface area is 169 Å². The molecule has 1 amide bonds. The minimum atomic E-state index is -0.320. The molecule has 0 saturated carbocycles. The molecule has 0 bridgehead atoms. The summed E-state index contributed by atoms with van der Waals surface area (Å²) in [7, 11) is 0. The van der Waals surface area contributed by atoms with Crippen LogP contribution in [0.15, 0.2) is 84.0 Å². The van der Waals surface area contributed by atoms with Gasteiger partial charge in [-0.05, 0) is 36.8 Å². The van der Waals surface area contributed by atoms with Gasteiger partial charge in [0.25, 0.3) is 5.91 Å². The summed E-state index contributed by atoms with van der Waals surface area (Å²) in [6.07, 6.45) is 0. The minimum absolute atomic E-state index is 0.136. The van der Waals surface area contributed by atoms with Gasteiger partial charge in [-0.15, -0.1) is 0 Å². The van der Waals surface area contributed by atoms with Gasteiger partial charge >= 0.3 is 0 Å². The van der Waals surface area contributed by atoms with Gasteiger partial charge in [-0.3, -0.25) is 4.79 Å². The third-order valence-corrected chi connectivity index (χ3v) is 4.09. The van der Waals surface area contributed by atoms with E-state index in [2.05, 4.69) is 10.5 Å². The molecule has 0 aliphatic rings. The lowest BCUT2D eigenvalue weighted by atomic mass is 10.2. The van der Waals surface area contributed by atoms with Crippen molar-refractivity contribution in [3.8, 4) is 5.75 Å². The van der Waals surface area contributed by atoms with E-state index in [9.17, 15) is 4.79 Å². The van der Waals surface area contributed by atoms with Crippen LogP contribution in [0.4, 0.5) is 5.69 Å². The molecule has 0 aliphatic carbocycles. The molecule has 6 nitrogen and oxygen atoms in total. The second-order valence-electron chi connectivity index (χ2n) is 6.43. The maximum Gasteiger partial charge on any atom is 0.265 e. The van der Waals surface area contributed by atoms with E-state index in [4.69, 9.17) is 15.3 Å². The first kappa shape index (κ1) is 19.9. The number of oxime groups is 1. The van der Waals surface area contributed by atoms with Gasteiger partial charge in [0.1, 0.15) is 12.4 Å². The topological polar surface area (TPSA) is 85.9 Å². The SMILES string of the molecule is Cc1ccc(NC(=O)CO/N=C(\N)c2ccccc2OCc2ccccc2)cc1. The van der Waals surface area contributed by atoms with Crippen LogP contribution in [0.1, 0.15) is 16.7 Å². The quantitative estimate of drug-likeness (QED) is 0.348. The van der Waals surface area contributed by atoms with Crippen molar-refractivity contribution >= 4 is 17.4 Å². The highest BCUT2D eigenvalue weighted by Crippen LogP contribution is 2.19. The number of nitrogens with one attached hydrogen (secondary N) is 1. The predicted molar refractivity (Wildman–Crippen MR) is 114 cm³/mol. The summed E-state index contributed by atoms with van der Waals surface area (Å²) >= 11 is 0. The molecule has 3 rings (SSSR count). The number of benzene rings is 3. The number of amidine groups is 1. The Hall–Kier alpha value is -3.80. The van der Waals surface area contributed by atoms with Crippen molar-refractivity contribution in [2.75, 3.05) is 11.9 Å². The van der Waals surface area contributed by atoms with Crippen LogP contribution in [0, 0.1) is 6.92 Å². The van der Waals surface area contributed by atoms with Gasteiger partial charge in [0.05, 0.1) is 5.56 Å². The molecule has 6 heteroatoms. The van der Waals surface area contributed by atoms with E-state index in [1.807, 2.05) is 79.7 Å². The summed E-state index contributed by atoms with van der Waals surface area (Å²) in [5, 5.41) is 6.59. The fraction of sp³-hybridized carbons (Fsp3) is 0.130. The molecule has 0 atom stereocenters. The minimum Gasteiger partial charge on any atom is -0.488 e. The van der Waals surface area contributed by atoms with Crippen molar-refractivity contribution in [1.82, 2.24) is 0 Å². The number of hydrogen-bond donors (Lipinski definition) is 2. The van der Waals surface area contributed by atoms with E-state index in [1.165, 1.54) is 0 Å². The van der Waals surface area contributed by atoms with Gasteiger partial charge < -0.3 is 20.6 Å². The number of para-hydroxylation sites is 1. The number of anilines is 1. The Morgan fingerprint density at radius 3 is 2.41 bits per heavy atom.